The summed E-state index contributed by atoms with van der Waals surface area (Å²) in [6, 6.07) is 0. The van der Waals surface area contributed by atoms with E-state index in [1.54, 1.807) is 6.20 Å². The molecule has 1 aromatic heterocycles. The third-order valence-corrected chi connectivity index (χ3v) is 3.92. The first kappa shape index (κ1) is 14.4. The van der Waals surface area contributed by atoms with Crippen LogP contribution in [0.5, 0.6) is 0 Å². The van der Waals surface area contributed by atoms with Crippen LogP contribution >= 0.6 is 11.6 Å². The fourth-order valence-corrected chi connectivity index (χ4v) is 2.46. The van der Waals surface area contributed by atoms with Gasteiger partial charge in [0.1, 0.15) is 5.02 Å². The van der Waals surface area contributed by atoms with Gasteiger partial charge in [0.05, 0.1) is 6.20 Å². The summed E-state index contributed by atoms with van der Waals surface area (Å²) in [6.45, 7) is 6.19. The van der Waals surface area contributed by atoms with Gasteiger partial charge in [-0.25, -0.2) is 4.98 Å². The van der Waals surface area contributed by atoms with Crippen LogP contribution in [0.1, 0.15) is 46.0 Å². The molecule has 106 valence electrons. The van der Waals surface area contributed by atoms with Gasteiger partial charge in [-0.1, -0.05) is 31.9 Å². The van der Waals surface area contributed by atoms with E-state index < -0.39 is 0 Å². The van der Waals surface area contributed by atoms with Crippen LogP contribution in [0.15, 0.2) is 6.20 Å². The van der Waals surface area contributed by atoms with Crippen molar-refractivity contribution in [3.63, 3.8) is 0 Å². The summed E-state index contributed by atoms with van der Waals surface area (Å²) >= 11 is 6.14. The first-order chi connectivity index (χ1) is 9.19. The molecule has 2 N–H and O–H groups in total. The van der Waals surface area contributed by atoms with E-state index in [4.69, 9.17) is 11.6 Å². The highest BCUT2D eigenvalue weighted by Crippen LogP contribution is 2.49. The molecule has 2 rings (SSSR count). The minimum Gasteiger partial charge on any atom is -0.368 e. The molecule has 4 nitrogen and oxygen atoms in total. The van der Waals surface area contributed by atoms with Crippen molar-refractivity contribution in [1.82, 2.24) is 9.97 Å². The Morgan fingerprint density at radius 2 is 2.05 bits per heavy atom. The molecule has 0 amide bonds. The lowest BCUT2D eigenvalue weighted by atomic mass is 10.0. The maximum atomic E-state index is 6.14. The normalized spacial score (nSPS) is 16.2. The number of nitrogens with zero attached hydrogens (tertiary/aromatic N) is 2. The zero-order valence-corrected chi connectivity index (χ0v) is 12.6. The highest BCUT2D eigenvalue weighted by atomic mass is 35.5. The Bertz CT molecular complexity index is 418. The molecule has 0 bridgehead atoms. The van der Waals surface area contributed by atoms with E-state index in [-0.39, 0.29) is 0 Å². The van der Waals surface area contributed by atoms with Crippen molar-refractivity contribution in [3.8, 4) is 0 Å². The zero-order chi connectivity index (χ0) is 13.7. The van der Waals surface area contributed by atoms with Crippen molar-refractivity contribution in [3.05, 3.63) is 11.2 Å². The molecule has 19 heavy (non-hydrogen) atoms. The Morgan fingerprint density at radius 1 is 1.26 bits per heavy atom. The van der Waals surface area contributed by atoms with E-state index in [0.29, 0.717) is 16.4 Å². The zero-order valence-electron chi connectivity index (χ0n) is 11.8. The van der Waals surface area contributed by atoms with E-state index in [2.05, 4.69) is 34.4 Å². The maximum Gasteiger partial charge on any atom is 0.224 e. The van der Waals surface area contributed by atoms with E-state index in [0.717, 1.165) is 25.3 Å². The first-order valence-corrected chi connectivity index (χ1v) is 7.57. The van der Waals surface area contributed by atoms with Gasteiger partial charge in [-0.15, -0.1) is 0 Å². The number of nitrogens with one attached hydrogen (secondary N) is 2. The lowest BCUT2D eigenvalue weighted by Gasteiger charge is -2.16. The highest BCUT2D eigenvalue weighted by Gasteiger charge is 2.41. The van der Waals surface area contributed by atoms with Crippen molar-refractivity contribution >= 4 is 23.4 Å². The highest BCUT2D eigenvalue weighted by molar-refractivity contribution is 6.32. The van der Waals surface area contributed by atoms with Crippen LogP contribution in [0, 0.1) is 5.41 Å². The largest absolute Gasteiger partial charge is 0.368 e. The van der Waals surface area contributed by atoms with Gasteiger partial charge in [-0.05, 0) is 31.1 Å². The quantitative estimate of drug-likeness (QED) is 0.758. The Morgan fingerprint density at radius 3 is 2.68 bits per heavy atom. The molecule has 1 fully saturated rings. The van der Waals surface area contributed by atoms with E-state index >= 15 is 0 Å². The minimum atomic E-state index is 0.486. The topological polar surface area (TPSA) is 49.8 Å². The summed E-state index contributed by atoms with van der Waals surface area (Å²) < 4.78 is 0. The second-order valence-electron chi connectivity index (χ2n) is 5.42. The predicted molar refractivity (Wildman–Crippen MR) is 80.9 cm³/mol. The van der Waals surface area contributed by atoms with Crippen LogP contribution in [0.4, 0.5) is 11.8 Å². The van der Waals surface area contributed by atoms with Crippen molar-refractivity contribution in [2.24, 2.45) is 5.41 Å². The second kappa shape index (κ2) is 6.42. The number of rotatable bonds is 8. The summed E-state index contributed by atoms with van der Waals surface area (Å²) in [5, 5.41) is 7.17. The molecule has 0 radical (unpaired) electrons. The van der Waals surface area contributed by atoms with Crippen molar-refractivity contribution < 1.29 is 0 Å². The molecule has 0 aromatic carbocycles. The molecule has 1 saturated carbocycles. The van der Waals surface area contributed by atoms with E-state index in [1.165, 1.54) is 25.7 Å². The average molecular weight is 283 g/mol. The number of hydrogen-bond acceptors (Lipinski definition) is 4. The number of aromatic nitrogens is 2. The first-order valence-electron chi connectivity index (χ1n) is 7.19. The number of halogens is 1. The van der Waals surface area contributed by atoms with Gasteiger partial charge in [-0.3, -0.25) is 0 Å². The number of anilines is 2. The van der Waals surface area contributed by atoms with Gasteiger partial charge in [0.25, 0.3) is 0 Å². The van der Waals surface area contributed by atoms with Gasteiger partial charge in [0.15, 0.2) is 5.82 Å². The molecule has 0 atom stereocenters. The molecule has 1 aliphatic rings. The molecular formula is C14H23ClN4. The Hall–Kier alpha value is -1.03. The standard InChI is InChI=1S/C14H23ClN4/c1-3-5-14(6-7-14)10-18-12-11(15)9-17-13(19-12)16-8-4-2/h9H,3-8,10H2,1-2H3,(H2,16,17,18,19). The van der Waals surface area contributed by atoms with Crippen LogP contribution < -0.4 is 10.6 Å². The Labute approximate surface area is 120 Å². The second-order valence-corrected chi connectivity index (χ2v) is 5.83. The molecule has 0 spiro atoms. The Kier molecular flexibility index (Phi) is 4.86. The number of hydrogen-bond donors (Lipinski definition) is 2. The summed E-state index contributed by atoms with van der Waals surface area (Å²) in [5.74, 6) is 1.40. The third-order valence-electron chi connectivity index (χ3n) is 3.65. The fourth-order valence-electron chi connectivity index (χ4n) is 2.31. The fraction of sp³-hybridized carbons (Fsp3) is 0.714. The van der Waals surface area contributed by atoms with Crippen LogP contribution in [0.3, 0.4) is 0 Å². The van der Waals surface area contributed by atoms with Crippen LogP contribution in [-0.4, -0.2) is 23.1 Å². The summed E-state index contributed by atoms with van der Waals surface area (Å²) in [5.41, 5.74) is 0.486. The molecule has 0 saturated heterocycles. The van der Waals surface area contributed by atoms with Crippen LogP contribution in [0.2, 0.25) is 5.02 Å². The van der Waals surface area contributed by atoms with Gasteiger partial charge in [0.2, 0.25) is 5.95 Å². The molecule has 1 aliphatic carbocycles. The predicted octanol–water partition coefficient (Wildman–Crippen LogP) is 3.94. The monoisotopic (exact) mass is 282 g/mol. The minimum absolute atomic E-state index is 0.486. The summed E-state index contributed by atoms with van der Waals surface area (Å²) in [7, 11) is 0. The van der Waals surface area contributed by atoms with Crippen LogP contribution in [0.25, 0.3) is 0 Å². The van der Waals surface area contributed by atoms with Crippen molar-refractivity contribution in [2.45, 2.75) is 46.0 Å². The van der Waals surface area contributed by atoms with E-state index in [1.807, 2.05) is 0 Å². The third kappa shape index (κ3) is 3.96. The molecule has 1 heterocycles. The molecule has 0 aliphatic heterocycles. The molecule has 5 heteroatoms. The molecule has 1 aromatic rings. The SMILES string of the molecule is CCCNc1ncc(Cl)c(NCC2(CCC)CC2)n1. The summed E-state index contributed by atoms with van der Waals surface area (Å²) in [4.78, 5) is 8.61. The van der Waals surface area contributed by atoms with Crippen molar-refractivity contribution in [1.29, 1.82) is 0 Å². The maximum absolute atomic E-state index is 6.14. The smallest absolute Gasteiger partial charge is 0.224 e. The van der Waals surface area contributed by atoms with Gasteiger partial charge in [-0.2, -0.15) is 4.98 Å². The van der Waals surface area contributed by atoms with Crippen LogP contribution in [-0.2, 0) is 0 Å². The molecule has 0 unspecified atom stereocenters. The lowest BCUT2D eigenvalue weighted by Crippen LogP contribution is -2.17. The summed E-state index contributed by atoms with van der Waals surface area (Å²) in [6.07, 6.45) is 7.86. The Balaban J connectivity index is 1.95. The average Bonchev–Trinajstić information content (AvgIpc) is 3.17. The van der Waals surface area contributed by atoms with Gasteiger partial charge < -0.3 is 10.6 Å². The molecular weight excluding hydrogens is 260 g/mol. The lowest BCUT2D eigenvalue weighted by molar-refractivity contribution is 0.485. The van der Waals surface area contributed by atoms with Crippen molar-refractivity contribution in [2.75, 3.05) is 23.7 Å². The van der Waals surface area contributed by atoms with E-state index in [9.17, 15) is 0 Å². The van der Waals surface area contributed by atoms with Gasteiger partial charge >= 0.3 is 0 Å². The van der Waals surface area contributed by atoms with Gasteiger partial charge in [0, 0.05) is 13.1 Å².